The highest BCUT2D eigenvalue weighted by Gasteiger charge is 2.44. The zero-order valence-corrected chi connectivity index (χ0v) is 16.7. The van der Waals surface area contributed by atoms with Crippen molar-refractivity contribution in [1.29, 1.82) is 5.26 Å². The van der Waals surface area contributed by atoms with Crippen molar-refractivity contribution in [1.82, 2.24) is 0 Å². The Balaban J connectivity index is 1.87. The molecule has 0 bridgehead atoms. The average molecular weight is 432 g/mol. The molecule has 0 radical (unpaired) electrons. The van der Waals surface area contributed by atoms with Crippen molar-refractivity contribution in [3.8, 4) is 6.07 Å². The van der Waals surface area contributed by atoms with Gasteiger partial charge in [-0.25, -0.2) is 0 Å². The van der Waals surface area contributed by atoms with E-state index < -0.39 is 48.2 Å². The molecular weight excluding hydrogens is 410 g/mol. The molecule has 1 saturated heterocycles. The summed E-state index contributed by atoms with van der Waals surface area (Å²) in [5, 5.41) is 49.2. The fourth-order valence-electron chi connectivity index (χ4n) is 3.53. The number of hydrogen-bond acceptors (Lipinski definition) is 8. The number of nitriles is 1. The van der Waals surface area contributed by atoms with Crippen LogP contribution in [0.25, 0.3) is 0 Å². The predicted molar refractivity (Wildman–Crippen MR) is 106 cm³/mol. The summed E-state index contributed by atoms with van der Waals surface area (Å²) < 4.78 is 27.2. The van der Waals surface area contributed by atoms with Crippen LogP contribution in [-0.2, 0) is 28.0 Å². The normalized spacial score (nSPS) is 27.4. The van der Waals surface area contributed by atoms with Crippen molar-refractivity contribution in [3.63, 3.8) is 0 Å². The zero-order valence-electron chi connectivity index (χ0n) is 15.9. The fourth-order valence-corrected chi connectivity index (χ4v) is 4.00. The molecular formula is C21H22NO7S-. The van der Waals surface area contributed by atoms with E-state index in [0.717, 1.165) is 5.56 Å². The van der Waals surface area contributed by atoms with Gasteiger partial charge < -0.3 is 29.7 Å². The highest BCUT2D eigenvalue weighted by Crippen LogP contribution is 2.33. The molecule has 0 aromatic heterocycles. The molecule has 6 atom stereocenters. The van der Waals surface area contributed by atoms with Crippen LogP contribution in [0.1, 0.15) is 33.9 Å². The summed E-state index contributed by atoms with van der Waals surface area (Å²) in [6, 6.07) is 14.0. The Bertz CT molecular complexity index is 941. The van der Waals surface area contributed by atoms with E-state index in [1.807, 2.05) is 0 Å². The molecule has 2 aromatic carbocycles. The van der Waals surface area contributed by atoms with E-state index in [-0.39, 0.29) is 5.75 Å². The first-order chi connectivity index (χ1) is 14.3. The maximum Gasteiger partial charge on any atom is 0.113 e. The summed E-state index contributed by atoms with van der Waals surface area (Å²) in [7, 11) is 0. The van der Waals surface area contributed by atoms with Crippen LogP contribution in [0.4, 0.5) is 0 Å². The van der Waals surface area contributed by atoms with Crippen molar-refractivity contribution in [2.75, 3.05) is 6.61 Å². The smallest absolute Gasteiger partial charge is 0.113 e. The van der Waals surface area contributed by atoms with E-state index in [4.69, 9.17) is 4.74 Å². The fraction of sp³-hybridized carbons (Fsp3) is 0.381. The van der Waals surface area contributed by atoms with Crippen LogP contribution in [0.5, 0.6) is 0 Å². The highest BCUT2D eigenvalue weighted by molar-refractivity contribution is 7.78. The van der Waals surface area contributed by atoms with E-state index in [1.165, 1.54) is 0 Å². The van der Waals surface area contributed by atoms with E-state index in [0.29, 0.717) is 28.7 Å². The Hall–Kier alpha value is -2.16. The van der Waals surface area contributed by atoms with Gasteiger partial charge >= 0.3 is 0 Å². The average Bonchev–Trinajstić information content (AvgIpc) is 2.73. The standard InChI is InChI=1S/C21H23NO7S/c22-9-15-6-5-14(21-20(26)19(25)18(24)17(10-23)29-21)8-16(15)7-12-1-3-13(4-2-12)11-30(27)28/h1-6,8,17-21,23-26H,7,10-11H2,(H,27,28)/p-1/t17-,18-,19+,20-,21+/m1/s1. The Kier molecular flexibility index (Phi) is 7.33. The van der Waals surface area contributed by atoms with E-state index in [2.05, 4.69) is 6.07 Å². The molecule has 3 rings (SSSR count). The third-order valence-electron chi connectivity index (χ3n) is 5.17. The molecule has 1 heterocycles. The minimum Gasteiger partial charge on any atom is -0.772 e. The first kappa shape index (κ1) is 22.5. The SMILES string of the molecule is N#Cc1ccc([C@@H]2O[C@H](CO)[C@@H](O)[C@H](O)[C@H]2O)cc1Cc1ccc(CS(=O)[O-])cc1. The second-order valence-corrected chi connectivity index (χ2v) is 8.12. The number of nitrogens with zero attached hydrogens (tertiary/aromatic N) is 1. The van der Waals surface area contributed by atoms with Crippen LogP contribution in [0.2, 0.25) is 0 Å². The van der Waals surface area contributed by atoms with Crippen LogP contribution < -0.4 is 0 Å². The molecule has 160 valence electrons. The maximum atomic E-state index is 10.8. The zero-order chi connectivity index (χ0) is 21.8. The van der Waals surface area contributed by atoms with Gasteiger partial charge in [0.25, 0.3) is 0 Å². The summed E-state index contributed by atoms with van der Waals surface area (Å²) in [5.41, 5.74) is 3.10. The quantitative estimate of drug-likeness (QED) is 0.467. The monoisotopic (exact) mass is 432 g/mol. The highest BCUT2D eigenvalue weighted by atomic mass is 32.2. The van der Waals surface area contributed by atoms with E-state index in [1.54, 1.807) is 42.5 Å². The Morgan fingerprint density at radius 2 is 1.70 bits per heavy atom. The van der Waals surface area contributed by atoms with Gasteiger partial charge in [-0.1, -0.05) is 47.5 Å². The molecule has 2 aromatic rings. The minimum absolute atomic E-state index is 0.0731. The van der Waals surface area contributed by atoms with Crippen LogP contribution >= 0.6 is 0 Å². The van der Waals surface area contributed by atoms with Crippen molar-refractivity contribution >= 4 is 11.1 Å². The molecule has 0 aliphatic carbocycles. The summed E-state index contributed by atoms with van der Waals surface area (Å²) in [6.07, 6.45) is -5.96. The topological polar surface area (TPSA) is 154 Å². The van der Waals surface area contributed by atoms with Crippen molar-refractivity contribution in [3.05, 3.63) is 70.3 Å². The lowest BCUT2D eigenvalue weighted by molar-refractivity contribution is -0.231. The molecule has 30 heavy (non-hydrogen) atoms. The number of hydrogen-bond donors (Lipinski definition) is 4. The van der Waals surface area contributed by atoms with Gasteiger partial charge in [-0.15, -0.1) is 0 Å². The summed E-state index contributed by atoms with van der Waals surface area (Å²) in [6.45, 7) is -0.523. The van der Waals surface area contributed by atoms with Gasteiger partial charge in [0, 0.05) is 5.75 Å². The number of ether oxygens (including phenoxy) is 1. The predicted octanol–water partition coefficient (Wildman–Crippen LogP) is 0.0431. The first-order valence-corrected chi connectivity index (χ1v) is 10.6. The van der Waals surface area contributed by atoms with Crippen LogP contribution in [0, 0.1) is 11.3 Å². The van der Waals surface area contributed by atoms with E-state index in [9.17, 15) is 34.4 Å². The molecule has 1 aliphatic rings. The van der Waals surface area contributed by atoms with Gasteiger partial charge in [-0.05, 0) is 34.7 Å². The van der Waals surface area contributed by atoms with Gasteiger partial charge in [0.05, 0.1) is 18.2 Å². The minimum atomic E-state index is -2.17. The molecule has 1 aliphatic heterocycles. The van der Waals surface area contributed by atoms with Gasteiger partial charge in [-0.2, -0.15) is 5.26 Å². The Morgan fingerprint density at radius 3 is 2.30 bits per heavy atom. The summed E-state index contributed by atoms with van der Waals surface area (Å²) in [5.74, 6) is -0.0731. The molecule has 1 unspecified atom stereocenters. The molecule has 1 fully saturated rings. The second kappa shape index (κ2) is 9.76. The molecule has 0 spiro atoms. The Morgan fingerprint density at radius 1 is 1.03 bits per heavy atom. The lowest BCUT2D eigenvalue weighted by atomic mass is 9.89. The number of aliphatic hydroxyl groups excluding tert-OH is 4. The lowest BCUT2D eigenvalue weighted by Gasteiger charge is -2.40. The van der Waals surface area contributed by atoms with Crippen molar-refractivity contribution in [2.24, 2.45) is 0 Å². The molecule has 0 amide bonds. The molecule has 9 heteroatoms. The third-order valence-corrected chi connectivity index (χ3v) is 5.74. The maximum absolute atomic E-state index is 10.8. The van der Waals surface area contributed by atoms with E-state index >= 15 is 0 Å². The van der Waals surface area contributed by atoms with Gasteiger partial charge in [0.1, 0.15) is 30.5 Å². The van der Waals surface area contributed by atoms with Gasteiger partial charge in [0.2, 0.25) is 0 Å². The first-order valence-electron chi connectivity index (χ1n) is 9.31. The van der Waals surface area contributed by atoms with Gasteiger partial charge in [-0.3, -0.25) is 4.21 Å². The summed E-state index contributed by atoms with van der Waals surface area (Å²) in [4.78, 5) is 0. The van der Waals surface area contributed by atoms with Crippen LogP contribution in [0.15, 0.2) is 42.5 Å². The van der Waals surface area contributed by atoms with Gasteiger partial charge in [0.15, 0.2) is 0 Å². The second-order valence-electron chi connectivity index (χ2n) is 7.22. The number of rotatable bonds is 6. The van der Waals surface area contributed by atoms with Crippen molar-refractivity contribution in [2.45, 2.75) is 42.7 Å². The molecule has 8 nitrogen and oxygen atoms in total. The summed E-state index contributed by atoms with van der Waals surface area (Å²) >= 11 is -2.17. The lowest BCUT2D eigenvalue weighted by Crippen LogP contribution is -2.55. The molecule has 0 saturated carbocycles. The van der Waals surface area contributed by atoms with Crippen LogP contribution in [-0.4, -0.2) is 60.2 Å². The number of benzene rings is 2. The third kappa shape index (κ3) is 4.94. The largest absolute Gasteiger partial charge is 0.772 e. The van der Waals surface area contributed by atoms with Crippen LogP contribution in [0.3, 0.4) is 0 Å². The number of aliphatic hydroxyl groups is 4. The van der Waals surface area contributed by atoms with Crippen molar-refractivity contribution < 1.29 is 33.9 Å². The Labute approximate surface area is 176 Å². The molecule has 4 N–H and O–H groups in total.